The first-order chi connectivity index (χ1) is 7.84. The molecular formula is C11H19N5. The molecule has 16 heavy (non-hydrogen) atoms. The fourth-order valence-corrected chi connectivity index (χ4v) is 2.75. The summed E-state index contributed by atoms with van der Waals surface area (Å²) in [5.41, 5.74) is 6.02. The Morgan fingerprint density at radius 2 is 2.25 bits per heavy atom. The highest BCUT2D eigenvalue weighted by atomic mass is 15.3. The lowest BCUT2D eigenvalue weighted by Gasteiger charge is -2.26. The molecule has 3 heterocycles. The molecule has 1 aromatic rings. The Morgan fingerprint density at radius 3 is 3.06 bits per heavy atom. The van der Waals surface area contributed by atoms with Gasteiger partial charge in [0.1, 0.15) is 11.6 Å². The largest absolute Gasteiger partial charge is 0.326 e. The maximum Gasteiger partial charge on any atom is 0.137 e. The van der Waals surface area contributed by atoms with Gasteiger partial charge in [-0.25, -0.2) is 0 Å². The Kier molecular flexibility index (Phi) is 2.65. The van der Waals surface area contributed by atoms with E-state index in [1.54, 1.807) is 0 Å². The summed E-state index contributed by atoms with van der Waals surface area (Å²) in [5, 5.41) is 12.1. The van der Waals surface area contributed by atoms with Crippen LogP contribution in [-0.4, -0.2) is 33.9 Å². The molecule has 2 aliphatic heterocycles. The molecule has 3 N–H and O–H groups in total. The lowest BCUT2D eigenvalue weighted by atomic mass is 9.98. The summed E-state index contributed by atoms with van der Waals surface area (Å²) in [7, 11) is 0. The first-order valence-electron chi connectivity index (χ1n) is 6.23. The van der Waals surface area contributed by atoms with Gasteiger partial charge in [-0.05, 0) is 25.8 Å². The van der Waals surface area contributed by atoms with Crippen molar-refractivity contribution >= 4 is 0 Å². The second-order valence-electron chi connectivity index (χ2n) is 4.93. The number of fused-ring (bicyclic) bond motifs is 1. The highest BCUT2D eigenvalue weighted by molar-refractivity contribution is 5.07. The molecule has 1 fully saturated rings. The van der Waals surface area contributed by atoms with Gasteiger partial charge in [-0.2, -0.15) is 0 Å². The van der Waals surface area contributed by atoms with E-state index in [1.165, 1.54) is 12.8 Å². The Balaban J connectivity index is 1.86. The molecule has 5 heteroatoms. The van der Waals surface area contributed by atoms with Gasteiger partial charge >= 0.3 is 0 Å². The number of nitrogens with one attached hydrogen (secondary N) is 1. The third-order valence-electron chi connectivity index (χ3n) is 3.67. The maximum atomic E-state index is 6.02. The van der Waals surface area contributed by atoms with Crippen LogP contribution in [0.15, 0.2) is 0 Å². The number of aryl methyl sites for hydroxylation is 1. The van der Waals surface area contributed by atoms with Gasteiger partial charge in [0.25, 0.3) is 0 Å². The number of rotatable bonds is 1. The van der Waals surface area contributed by atoms with E-state index in [0.29, 0.717) is 5.92 Å². The van der Waals surface area contributed by atoms with Crippen molar-refractivity contribution in [2.75, 3.05) is 13.1 Å². The minimum Gasteiger partial charge on any atom is -0.326 e. The molecule has 3 rings (SSSR count). The van der Waals surface area contributed by atoms with E-state index in [4.69, 9.17) is 5.73 Å². The molecule has 5 nitrogen and oxygen atoms in total. The highest BCUT2D eigenvalue weighted by Crippen LogP contribution is 2.24. The van der Waals surface area contributed by atoms with E-state index < -0.39 is 0 Å². The van der Waals surface area contributed by atoms with Crippen molar-refractivity contribution in [2.24, 2.45) is 5.73 Å². The zero-order valence-corrected chi connectivity index (χ0v) is 9.52. The molecule has 2 aliphatic rings. The summed E-state index contributed by atoms with van der Waals surface area (Å²) < 4.78 is 2.26. The van der Waals surface area contributed by atoms with Gasteiger partial charge in [-0.1, -0.05) is 0 Å². The Hall–Kier alpha value is -0.940. The SMILES string of the molecule is NC1CCc2nnc(C3CCCNC3)n2C1. The zero-order valence-electron chi connectivity index (χ0n) is 9.52. The topological polar surface area (TPSA) is 68.8 Å². The van der Waals surface area contributed by atoms with Gasteiger partial charge in [0.15, 0.2) is 0 Å². The van der Waals surface area contributed by atoms with Crippen molar-refractivity contribution in [3.05, 3.63) is 11.6 Å². The van der Waals surface area contributed by atoms with Crippen molar-refractivity contribution in [3.8, 4) is 0 Å². The molecule has 2 unspecified atom stereocenters. The van der Waals surface area contributed by atoms with E-state index in [9.17, 15) is 0 Å². The summed E-state index contributed by atoms with van der Waals surface area (Å²) in [4.78, 5) is 0. The van der Waals surface area contributed by atoms with Crippen LogP contribution in [0.25, 0.3) is 0 Å². The first-order valence-corrected chi connectivity index (χ1v) is 6.23. The Bertz CT molecular complexity index is 366. The summed E-state index contributed by atoms with van der Waals surface area (Å²) >= 11 is 0. The van der Waals surface area contributed by atoms with Crippen LogP contribution in [0.2, 0.25) is 0 Å². The average Bonchev–Trinajstić information content (AvgIpc) is 2.73. The van der Waals surface area contributed by atoms with Crippen molar-refractivity contribution in [1.29, 1.82) is 0 Å². The van der Waals surface area contributed by atoms with E-state index in [-0.39, 0.29) is 6.04 Å². The van der Waals surface area contributed by atoms with Crippen LogP contribution in [0.4, 0.5) is 0 Å². The molecule has 1 saturated heterocycles. The van der Waals surface area contributed by atoms with Gasteiger partial charge < -0.3 is 15.6 Å². The average molecular weight is 221 g/mol. The Labute approximate surface area is 95.4 Å². The maximum absolute atomic E-state index is 6.02. The minimum absolute atomic E-state index is 0.277. The van der Waals surface area contributed by atoms with Crippen LogP contribution in [-0.2, 0) is 13.0 Å². The van der Waals surface area contributed by atoms with E-state index in [2.05, 4.69) is 20.1 Å². The number of nitrogens with zero attached hydrogens (tertiary/aromatic N) is 3. The summed E-state index contributed by atoms with van der Waals surface area (Å²) in [6.07, 6.45) is 4.48. The molecule has 88 valence electrons. The normalized spacial score (nSPS) is 30.1. The number of piperidine rings is 1. The Morgan fingerprint density at radius 1 is 1.31 bits per heavy atom. The van der Waals surface area contributed by atoms with Gasteiger partial charge in [0.2, 0.25) is 0 Å². The minimum atomic E-state index is 0.277. The molecular weight excluding hydrogens is 202 g/mol. The molecule has 0 aliphatic carbocycles. The number of nitrogens with two attached hydrogens (primary N) is 1. The molecule has 1 aromatic heterocycles. The molecule has 0 bridgehead atoms. The van der Waals surface area contributed by atoms with E-state index in [0.717, 1.165) is 44.1 Å². The van der Waals surface area contributed by atoms with E-state index in [1.807, 2.05) is 0 Å². The van der Waals surface area contributed by atoms with E-state index >= 15 is 0 Å². The van der Waals surface area contributed by atoms with Crippen LogP contribution in [0.5, 0.6) is 0 Å². The van der Waals surface area contributed by atoms with Crippen LogP contribution in [0.1, 0.15) is 36.8 Å². The third kappa shape index (κ3) is 1.74. The molecule has 0 spiro atoms. The second-order valence-corrected chi connectivity index (χ2v) is 4.93. The van der Waals surface area contributed by atoms with Crippen molar-refractivity contribution in [1.82, 2.24) is 20.1 Å². The van der Waals surface area contributed by atoms with Crippen LogP contribution in [0.3, 0.4) is 0 Å². The molecule has 0 radical (unpaired) electrons. The smallest absolute Gasteiger partial charge is 0.137 e. The number of aromatic nitrogens is 3. The van der Waals surface area contributed by atoms with Gasteiger partial charge in [-0.15, -0.1) is 10.2 Å². The molecule has 0 aromatic carbocycles. The van der Waals surface area contributed by atoms with Gasteiger partial charge in [0.05, 0.1) is 0 Å². The zero-order chi connectivity index (χ0) is 11.0. The van der Waals surface area contributed by atoms with Gasteiger partial charge in [0, 0.05) is 31.5 Å². The lowest BCUT2D eigenvalue weighted by molar-refractivity contribution is 0.399. The van der Waals surface area contributed by atoms with Crippen molar-refractivity contribution < 1.29 is 0 Å². The second kappa shape index (κ2) is 4.14. The fourth-order valence-electron chi connectivity index (χ4n) is 2.75. The quantitative estimate of drug-likeness (QED) is 0.701. The number of hydrogen-bond acceptors (Lipinski definition) is 4. The van der Waals surface area contributed by atoms with Crippen molar-refractivity contribution in [3.63, 3.8) is 0 Å². The summed E-state index contributed by atoms with van der Waals surface area (Å²) in [5.74, 6) is 2.81. The van der Waals surface area contributed by atoms with Crippen molar-refractivity contribution in [2.45, 2.75) is 44.2 Å². The number of hydrogen-bond donors (Lipinski definition) is 2. The lowest BCUT2D eigenvalue weighted by Crippen LogP contribution is -2.35. The monoisotopic (exact) mass is 221 g/mol. The standard InChI is InChI=1S/C11H19N5/c12-9-3-4-10-14-15-11(16(10)7-9)8-2-1-5-13-6-8/h8-9,13H,1-7,12H2. The summed E-state index contributed by atoms with van der Waals surface area (Å²) in [6.45, 7) is 3.07. The summed E-state index contributed by atoms with van der Waals surface area (Å²) in [6, 6.07) is 0.277. The predicted molar refractivity (Wildman–Crippen MR) is 61.2 cm³/mol. The van der Waals surface area contributed by atoms with Crippen LogP contribution >= 0.6 is 0 Å². The molecule has 2 atom stereocenters. The predicted octanol–water partition coefficient (Wildman–Crippen LogP) is 0.0186. The molecule has 0 saturated carbocycles. The fraction of sp³-hybridized carbons (Fsp3) is 0.818. The molecule has 0 amide bonds. The highest BCUT2D eigenvalue weighted by Gasteiger charge is 2.26. The van der Waals surface area contributed by atoms with Crippen LogP contribution < -0.4 is 11.1 Å². The first kappa shape index (κ1) is 10.2. The van der Waals surface area contributed by atoms with Gasteiger partial charge in [-0.3, -0.25) is 0 Å². The van der Waals surface area contributed by atoms with Crippen LogP contribution in [0, 0.1) is 0 Å². The third-order valence-corrected chi connectivity index (χ3v) is 3.67.